The van der Waals surface area contributed by atoms with Gasteiger partial charge in [-0.15, -0.1) is 0 Å². The van der Waals surface area contributed by atoms with E-state index in [4.69, 9.17) is 4.74 Å². The van der Waals surface area contributed by atoms with Gasteiger partial charge in [-0.1, -0.05) is 19.1 Å². The van der Waals surface area contributed by atoms with Crippen molar-refractivity contribution in [3.05, 3.63) is 24.3 Å². The third-order valence-electron chi connectivity index (χ3n) is 2.86. The van der Waals surface area contributed by atoms with E-state index in [0.29, 0.717) is 6.42 Å². The summed E-state index contributed by atoms with van der Waals surface area (Å²) in [5, 5.41) is 0. The van der Waals surface area contributed by atoms with Crippen molar-refractivity contribution in [1.82, 2.24) is 0 Å². The zero-order valence-electron chi connectivity index (χ0n) is 10.4. The van der Waals surface area contributed by atoms with Crippen LogP contribution in [0.25, 0.3) is 0 Å². The quantitative estimate of drug-likeness (QED) is 0.765. The standard InChI is InChI=1S/C13H19NO2/c1-5-12(15)10(2)14(3)11-8-6-7-9-13(11)16-4/h6-10H,5H2,1-4H3. The molecule has 0 fully saturated rings. The van der Waals surface area contributed by atoms with Gasteiger partial charge in [0.2, 0.25) is 0 Å². The number of rotatable bonds is 5. The van der Waals surface area contributed by atoms with Crippen molar-refractivity contribution in [3.63, 3.8) is 0 Å². The van der Waals surface area contributed by atoms with E-state index < -0.39 is 0 Å². The first kappa shape index (κ1) is 12.6. The molecule has 1 aromatic rings. The number of carbonyl (C=O) groups excluding carboxylic acids is 1. The minimum absolute atomic E-state index is 0.124. The molecular formula is C13H19NO2. The number of anilines is 1. The zero-order chi connectivity index (χ0) is 12.1. The van der Waals surface area contributed by atoms with E-state index in [0.717, 1.165) is 11.4 Å². The topological polar surface area (TPSA) is 29.5 Å². The molecule has 3 nitrogen and oxygen atoms in total. The van der Waals surface area contributed by atoms with E-state index in [9.17, 15) is 4.79 Å². The fraction of sp³-hybridized carbons (Fsp3) is 0.462. The maximum Gasteiger partial charge on any atom is 0.154 e. The second kappa shape index (κ2) is 5.54. The average Bonchev–Trinajstić information content (AvgIpc) is 2.35. The first-order chi connectivity index (χ1) is 7.61. The molecule has 0 heterocycles. The molecule has 0 spiro atoms. The van der Waals surface area contributed by atoms with Gasteiger partial charge < -0.3 is 9.64 Å². The number of benzene rings is 1. The van der Waals surface area contributed by atoms with Crippen LogP contribution in [0.4, 0.5) is 5.69 Å². The van der Waals surface area contributed by atoms with Gasteiger partial charge in [-0.2, -0.15) is 0 Å². The van der Waals surface area contributed by atoms with Crippen LogP contribution in [0.5, 0.6) is 5.75 Å². The van der Waals surface area contributed by atoms with Crippen LogP contribution in [0.15, 0.2) is 24.3 Å². The van der Waals surface area contributed by atoms with Crippen molar-refractivity contribution < 1.29 is 9.53 Å². The molecule has 0 saturated heterocycles. The van der Waals surface area contributed by atoms with E-state index in [-0.39, 0.29) is 11.8 Å². The largest absolute Gasteiger partial charge is 0.495 e. The summed E-state index contributed by atoms with van der Waals surface area (Å²) in [4.78, 5) is 13.6. The summed E-state index contributed by atoms with van der Waals surface area (Å²) in [7, 11) is 3.55. The maximum absolute atomic E-state index is 11.6. The van der Waals surface area contributed by atoms with Crippen LogP contribution in [0.1, 0.15) is 20.3 Å². The van der Waals surface area contributed by atoms with Gasteiger partial charge in [0.25, 0.3) is 0 Å². The molecule has 0 saturated carbocycles. The van der Waals surface area contributed by atoms with Gasteiger partial charge in [0.1, 0.15) is 5.75 Å². The molecule has 0 radical (unpaired) electrons. The summed E-state index contributed by atoms with van der Waals surface area (Å²) in [6.07, 6.45) is 0.556. The van der Waals surface area contributed by atoms with E-state index in [1.54, 1.807) is 7.11 Å². The Bertz CT molecular complexity index is 363. The Labute approximate surface area is 97.0 Å². The van der Waals surface area contributed by atoms with Crippen LogP contribution in [-0.2, 0) is 4.79 Å². The lowest BCUT2D eigenvalue weighted by Crippen LogP contribution is -2.35. The van der Waals surface area contributed by atoms with Crippen molar-refractivity contribution in [2.24, 2.45) is 0 Å². The number of likely N-dealkylation sites (N-methyl/N-ethyl adjacent to an activating group) is 1. The highest BCUT2D eigenvalue weighted by atomic mass is 16.5. The number of carbonyl (C=O) groups is 1. The first-order valence-corrected chi connectivity index (χ1v) is 5.50. The monoisotopic (exact) mass is 221 g/mol. The molecule has 1 atom stereocenters. The van der Waals surface area contributed by atoms with Crippen LogP contribution in [0, 0.1) is 0 Å². The minimum Gasteiger partial charge on any atom is -0.495 e. The summed E-state index contributed by atoms with van der Waals surface area (Å²) < 4.78 is 5.28. The van der Waals surface area contributed by atoms with E-state index in [2.05, 4.69) is 0 Å². The number of para-hydroxylation sites is 2. The van der Waals surface area contributed by atoms with Crippen molar-refractivity contribution in [2.75, 3.05) is 19.1 Å². The molecule has 0 aromatic heterocycles. The second-order valence-corrected chi connectivity index (χ2v) is 3.78. The predicted molar refractivity (Wildman–Crippen MR) is 66.2 cm³/mol. The lowest BCUT2D eigenvalue weighted by molar-refractivity contribution is -0.119. The van der Waals surface area contributed by atoms with Gasteiger partial charge in [0, 0.05) is 13.5 Å². The van der Waals surface area contributed by atoms with Crippen molar-refractivity contribution in [1.29, 1.82) is 0 Å². The highest BCUT2D eigenvalue weighted by Gasteiger charge is 2.18. The van der Waals surface area contributed by atoms with E-state index in [1.807, 2.05) is 50.1 Å². The van der Waals surface area contributed by atoms with Gasteiger partial charge >= 0.3 is 0 Å². The van der Waals surface area contributed by atoms with Crippen LogP contribution in [0.3, 0.4) is 0 Å². The number of hydrogen-bond acceptors (Lipinski definition) is 3. The molecule has 1 aromatic carbocycles. The zero-order valence-corrected chi connectivity index (χ0v) is 10.4. The first-order valence-electron chi connectivity index (χ1n) is 5.50. The number of ether oxygens (including phenoxy) is 1. The van der Waals surface area contributed by atoms with Crippen LogP contribution < -0.4 is 9.64 Å². The number of nitrogens with zero attached hydrogens (tertiary/aromatic N) is 1. The summed E-state index contributed by atoms with van der Waals surface area (Å²) in [5.41, 5.74) is 0.944. The Balaban J connectivity index is 2.95. The Kier molecular flexibility index (Phi) is 4.35. The third-order valence-corrected chi connectivity index (χ3v) is 2.86. The number of methoxy groups -OCH3 is 1. The minimum atomic E-state index is -0.124. The molecule has 0 amide bonds. The Morgan fingerprint density at radius 2 is 2.06 bits per heavy atom. The number of hydrogen-bond donors (Lipinski definition) is 0. The fourth-order valence-electron chi connectivity index (χ4n) is 1.64. The average molecular weight is 221 g/mol. The molecule has 16 heavy (non-hydrogen) atoms. The Morgan fingerprint density at radius 1 is 1.44 bits per heavy atom. The Hall–Kier alpha value is -1.51. The van der Waals surface area contributed by atoms with Gasteiger partial charge in [0.05, 0.1) is 18.8 Å². The van der Waals surface area contributed by atoms with Crippen molar-refractivity contribution >= 4 is 11.5 Å². The second-order valence-electron chi connectivity index (χ2n) is 3.78. The molecule has 0 bridgehead atoms. The molecular weight excluding hydrogens is 202 g/mol. The van der Waals surface area contributed by atoms with Crippen LogP contribution in [0.2, 0.25) is 0 Å². The Morgan fingerprint density at radius 3 is 2.62 bits per heavy atom. The SMILES string of the molecule is CCC(=O)C(C)N(C)c1ccccc1OC. The predicted octanol–water partition coefficient (Wildman–Crippen LogP) is 2.50. The van der Waals surface area contributed by atoms with Gasteiger partial charge in [0.15, 0.2) is 5.78 Å². The molecule has 1 unspecified atom stereocenters. The smallest absolute Gasteiger partial charge is 0.154 e. The van der Waals surface area contributed by atoms with Gasteiger partial charge in [-0.3, -0.25) is 4.79 Å². The highest BCUT2D eigenvalue weighted by molar-refractivity contribution is 5.87. The van der Waals surface area contributed by atoms with Gasteiger partial charge in [-0.05, 0) is 19.1 Å². The van der Waals surface area contributed by atoms with Crippen molar-refractivity contribution in [2.45, 2.75) is 26.3 Å². The molecule has 88 valence electrons. The van der Waals surface area contributed by atoms with E-state index in [1.165, 1.54) is 0 Å². The molecule has 0 aliphatic carbocycles. The summed E-state index contributed by atoms with van der Waals surface area (Å²) in [5.74, 6) is 1.02. The van der Waals surface area contributed by atoms with Crippen LogP contribution in [-0.4, -0.2) is 26.0 Å². The van der Waals surface area contributed by atoms with E-state index >= 15 is 0 Å². The van der Waals surface area contributed by atoms with Gasteiger partial charge in [-0.25, -0.2) is 0 Å². The molecule has 1 rings (SSSR count). The summed E-state index contributed by atoms with van der Waals surface area (Å²) in [6, 6.07) is 7.59. The lowest BCUT2D eigenvalue weighted by Gasteiger charge is -2.27. The molecule has 0 aliphatic rings. The molecule has 0 aliphatic heterocycles. The third kappa shape index (κ3) is 2.54. The van der Waals surface area contributed by atoms with Crippen LogP contribution >= 0.6 is 0 Å². The summed E-state index contributed by atoms with van der Waals surface area (Å²) >= 11 is 0. The normalized spacial score (nSPS) is 12.0. The summed E-state index contributed by atoms with van der Waals surface area (Å²) in [6.45, 7) is 3.80. The fourth-order valence-corrected chi connectivity index (χ4v) is 1.64. The lowest BCUT2D eigenvalue weighted by atomic mass is 10.1. The highest BCUT2D eigenvalue weighted by Crippen LogP contribution is 2.28. The maximum atomic E-state index is 11.6. The van der Waals surface area contributed by atoms with Crippen molar-refractivity contribution in [3.8, 4) is 5.75 Å². The molecule has 3 heteroatoms. The number of Topliss-reactive ketones (excluding diaryl/α,β-unsaturated/α-hetero) is 1. The number of ketones is 1. The molecule has 0 N–H and O–H groups in total.